The zero-order chi connectivity index (χ0) is 20.0. The maximum Gasteiger partial charge on any atom is 0.328 e. The molecule has 0 fully saturated rings. The van der Waals surface area contributed by atoms with Gasteiger partial charge in [0.25, 0.3) is 5.84 Å². The molecular weight excluding hydrogens is 378 g/mol. The van der Waals surface area contributed by atoms with E-state index in [1.165, 1.54) is 24.4 Å². The summed E-state index contributed by atoms with van der Waals surface area (Å²) in [5.41, 5.74) is 0.985. The van der Waals surface area contributed by atoms with Crippen molar-refractivity contribution in [1.29, 1.82) is 0 Å². The molecule has 0 spiro atoms. The van der Waals surface area contributed by atoms with Gasteiger partial charge in [0.2, 0.25) is 0 Å². The molecule has 3 N–H and O–H groups in total. The Balaban J connectivity index is 1.75. The van der Waals surface area contributed by atoms with E-state index < -0.39 is 10.0 Å². The minimum absolute atomic E-state index is 0.0477. The van der Waals surface area contributed by atoms with Crippen LogP contribution in [0.3, 0.4) is 0 Å². The summed E-state index contributed by atoms with van der Waals surface area (Å²) < 4.78 is 33.1. The second-order valence-corrected chi connectivity index (χ2v) is 8.12. The fourth-order valence-corrected chi connectivity index (χ4v) is 3.87. The molecule has 0 unspecified atom stereocenters. The number of ether oxygens (including phenoxy) is 1. The molecule has 0 amide bonds. The van der Waals surface area contributed by atoms with E-state index in [9.17, 15) is 13.5 Å². The highest BCUT2D eigenvalue weighted by Gasteiger charge is 2.24. The van der Waals surface area contributed by atoms with Crippen LogP contribution < -0.4 is 14.5 Å². The standard InChI is InChI=1S/C20H23N3O4S/c1-2-11-27-17-9-8-15(19(24)13-17)14-22-16-5-3-6-18(12-16)28(25,26)23-20-7-4-10-21-20/h3,5-6,8-9,12-14,24H,2,4,7,10-11H2,1H3,(H,21,23)/p+1. The number of aromatic hydroxyl groups is 1. The number of rotatable bonds is 7. The smallest absolute Gasteiger partial charge is 0.328 e. The Bertz CT molecular complexity index is 1000. The van der Waals surface area contributed by atoms with E-state index in [0.29, 0.717) is 35.9 Å². The lowest BCUT2D eigenvalue weighted by molar-refractivity contribution is -0.448. The van der Waals surface area contributed by atoms with Crippen LogP contribution in [0.1, 0.15) is 31.7 Å². The molecule has 0 saturated heterocycles. The SMILES string of the molecule is CCCOc1ccc(C=Nc2cccc(S(=O)(=O)NC3=[NH+]CCC3)c2)c(O)c1. The van der Waals surface area contributed by atoms with Crippen molar-refractivity contribution in [3.05, 3.63) is 48.0 Å². The van der Waals surface area contributed by atoms with E-state index >= 15 is 0 Å². The molecule has 0 saturated carbocycles. The van der Waals surface area contributed by atoms with Crippen molar-refractivity contribution in [3.63, 3.8) is 0 Å². The molecule has 0 bridgehead atoms. The van der Waals surface area contributed by atoms with Gasteiger partial charge < -0.3 is 9.84 Å². The second kappa shape index (κ2) is 8.88. The highest BCUT2D eigenvalue weighted by Crippen LogP contribution is 2.24. The summed E-state index contributed by atoms with van der Waals surface area (Å²) in [5, 5.41) is 10.1. The average molecular weight is 402 g/mol. The first-order valence-electron chi connectivity index (χ1n) is 9.20. The fourth-order valence-electron chi connectivity index (χ4n) is 2.72. The fraction of sp³-hybridized carbons (Fsp3) is 0.300. The molecule has 2 aromatic carbocycles. The molecule has 3 rings (SSSR count). The number of amidine groups is 1. The highest BCUT2D eigenvalue weighted by atomic mass is 32.2. The van der Waals surface area contributed by atoms with Crippen molar-refractivity contribution in [1.82, 2.24) is 4.72 Å². The van der Waals surface area contributed by atoms with Crippen molar-refractivity contribution in [2.45, 2.75) is 31.1 Å². The van der Waals surface area contributed by atoms with Gasteiger partial charge in [0.05, 0.1) is 25.3 Å². The van der Waals surface area contributed by atoms with Crippen LogP contribution >= 0.6 is 0 Å². The van der Waals surface area contributed by atoms with Crippen LogP contribution in [0.2, 0.25) is 0 Å². The number of hydrogen-bond acceptors (Lipinski definition) is 5. The molecule has 28 heavy (non-hydrogen) atoms. The van der Waals surface area contributed by atoms with Gasteiger partial charge in [-0.05, 0) is 43.2 Å². The van der Waals surface area contributed by atoms with Gasteiger partial charge in [0.15, 0.2) is 0 Å². The lowest BCUT2D eigenvalue weighted by Gasteiger charge is -2.06. The Labute approximate surface area is 164 Å². The number of benzene rings is 2. The number of phenols is 1. The molecule has 2 aromatic rings. The third kappa shape index (κ3) is 5.10. The van der Waals surface area contributed by atoms with Crippen molar-refractivity contribution in [2.75, 3.05) is 13.2 Å². The Hall–Kier alpha value is -2.87. The Morgan fingerprint density at radius 1 is 1.29 bits per heavy atom. The minimum atomic E-state index is -3.66. The minimum Gasteiger partial charge on any atom is -0.507 e. The summed E-state index contributed by atoms with van der Waals surface area (Å²) >= 11 is 0. The van der Waals surface area contributed by atoms with Gasteiger partial charge in [-0.15, -0.1) is 0 Å². The Morgan fingerprint density at radius 2 is 2.14 bits per heavy atom. The number of nitrogens with one attached hydrogen (secondary N) is 2. The Morgan fingerprint density at radius 3 is 2.86 bits per heavy atom. The zero-order valence-electron chi connectivity index (χ0n) is 15.7. The van der Waals surface area contributed by atoms with Gasteiger partial charge in [0, 0.05) is 17.8 Å². The van der Waals surface area contributed by atoms with Gasteiger partial charge in [-0.3, -0.25) is 9.98 Å². The predicted molar refractivity (Wildman–Crippen MR) is 108 cm³/mol. The first kappa shape index (κ1) is 19.9. The van der Waals surface area contributed by atoms with E-state index in [1.54, 1.807) is 24.3 Å². The van der Waals surface area contributed by atoms with Gasteiger partial charge in [-0.25, -0.2) is 0 Å². The number of sulfonamides is 1. The lowest BCUT2D eigenvalue weighted by atomic mass is 10.2. The molecule has 0 atom stereocenters. The second-order valence-electron chi connectivity index (χ2n) is 6.44. The number of nitrogens with zero attached hydrogens (tertiary/aromatic N) is 1. The maximum atomic E-state index is 12.5. The van der Waals surface area contributed by atoms with Gasteiger partial charge >= 0.3 is 10.0 Å². The van der Waals surface area contributed by atoms with Crippen LogP contribution in [-0.2, 0) is 10.0 Å². The van der Waals surface area contributed by atoms with Gasteiger partial charge in [0.1, 0.15) is 16.4 Å². The van der Waals surface area contributed by atoms with Crippen LogP contribution in [0, 0.1) is 0 Å². The summed E-state index contributed by atoms with van der Waals surface area (Å²) in [6.07, 6.45) is 3.97. The third-order valence-electron chi connectivity index (χ3n) is 4.15. The average Bonchev–Trinajstić information content (AvgIpc) is 3.18. The van der Waals surface area contributed by atoms with Crippen molar-refractivity contribution in [3.8, 4) is 11.5 Å². The predicted octanol–water partition coefficient (Wildman–Crippen LogP) is 1.48. The number of aliphatic imine (C=N–C) groups is 1. The highest BCUT2D eigenvalue weighted by molar-refractivity contribution is 7.90. The van der Waals surface area contributed by atoms with E-state index in [4.69, 9.17) is 4.74 Å². The third-order valence-corrected chi connectivity index (χ3v) is 5.54. The van der Waals surface area contributed by atoms with Crippen molar-refractivity contribution in [2.24, 2.45) is 4.99 Å². The summed E-state index contributed by atoms with van der Waals surface area (Å²) in [6.45, 7) is 3.36. The van der Waals surface area contributed by atoms with Crippen molar-refractivity contribution < 1.29 is 23.3 Å². The summed E-state index contributed by atoms with van der Waals surface area (Å²) in [7, 11) is -3.66. The molecule has 1 aliphatic heterocycles. The summed E-state index contributed by atoms with van der Waals surface area (Å²) in [5.74, 6) is 1.25. The normalized spacial score (nSPS) is 14.2. The molecular formula is C20H24N3O4S+. The van der Waals surface area contributed by atoms with Crippen molar-refractivity contribution >= 4 is 27.8 Å². The molecule has 0 radical (unpaired) electrons. The molecule has 0 aromatic heterocycles. The number of hydrogen-bond donors (Lipinski definition) is 3. The molecule has 8 heteroatoms. The van der Waals surface area contributed by atoms with Crippen LogP contribution in [0.25, 0.3) is 0 Å². The molecule has 148 valence electrons. The molecule has 1 heterocycles. The zero-order valence-corrected chi connectivity index (χ0v) is 16.5. The monoisotopic (exact) mass is 402 g/mol. The van der Waals surface area contributed by atoms with Crippen LogP contribution in [0.4, 0.5) is 5.69 Å². The number of phenolic OH excluding ortho intramolecular Hbond substituents is 1. The lowest BCUT2D eigenvalue weighted by Crippen LogP contribution is -2.72. The van der Waals surface area contributed by atoms with Gasteiger partial charge in [-0.1, -0.05) is 13.0 Å². The first-order chi connectivity index (χ1) is 13.5. The van der Waals surface area contributed by atoms with E-state index in [-0.39, 0.29) is 10.6 Å². The van der Waals surface area contributed by atoms with Crippen LogP contribution in [0.15, 0.2) is 52.4 Å². The van der Waals surface area contributed by atoms with Crippen LogP contribution in [0.5, 0.6) is 11.5 Å². The van der Waals surface area contributed by atoms with E-state index in [2.05, 4.69) is 14.7 Å². The summed E-state index contributed by atoms with van der Waals surface area (Å²) in [4.78, 5) is 7.46. The van der Waals surface area contributed by atoms with Gasteiger partial charge in [-0.2, -0.15) is 13.1 Å². The summed E-state index contributed by atoms with van der Waals surface area (Å²) in [6, 6.07) is 11.3. The topological polar surface area (TPSA) is 102 Å². The first-order valence-corrected chi connectivity index (χ1v) is 10.7. The maximum absolute atomic E-state index is 12.5. The van der Waals surface area contributed by atoms with E-state index in [1.807, 2.05) is 6.92 Å². The molecule has 0 aliphatic carbocycles. The quantitative estimate of drug-likeness (QED) is 0.611. The van der Waals surface area contributed by atoms with E-state index in [0.717, 1.165) is 19.4 Å². The van der Waals surface area contributed by atoms with Crippen LogP contribution in [-0.4, -0.2) is 38.7 Å². The molecule has 1 aliphatic rings. The Kier molecular flexibility index (Phi) is 6.30. The largest absolute Gasteiger partial charge is 0.507 e. The molecule has 7 nitrogen and oxygen atoms in total.